The second-order valence-electron chi connectivity index (χ2n) is 15.1. The average molecular weight is 567 g/mol. The summed E-state index contributed by atoms with van der Waals surface area (Å²) in [5.41, 5.74) is 2.16. The molecule has 5 heteroatoms. The first-order chi connectivity index (χ1) is 19.4. The molecular formula is C36H54O5. The number of esters is 1. The first-order valence-corrected chi connectivity index (χ1v) is 16.5. The Hall–Kier alpha value is -2.17. The molecule has 0 saturated heterocycles. The molecule has 1 aromatic rings. The number of phenols is 3. The summed E-state index contributed by atoms with van der Waals surface area (Å²) < 4.78 is 5.86. The van der Waals surface area contributed by atoms with Crippen molar-refractivity contribution in [3.05, 3.63) is 29.3 Å². The van der Waals surface area contributed by atoms with E-state index in [1.807, 2.05) is 0 Å². The number of phenolic OH excluding ortho intramolecular Hbond substituents is 3. The summed E-state index contributed by atoms with van der Waals surface area (Å²) in [6.07, 6.45) is 15.6. The van der Waals surface area contributed by atoms with Crippen LogP contribution < -0.4 is 0 Å². The Labute approximate surface area is 247 Å². The van der Waals surface area contributed by atoms with Crippen LogP contribution in [0.15, 0.2) is 23.8 Å². The number of fused-ring (bicyclic) bond motifs is 5. The van der Waals surface area contributed by atoms with Crippen molar-refractivity contribution >= 4 is 5.97 Å². The van der Waals surface area contributed by atoms with Crippen LogP contribution in [0.5, 0.6) is 17.2 Å². The van der Waals surface area contributed by atoms with Gasteiger partial charge in [0.2, 0.25) is 0 Å². The van der Waals surface area contributed by atoms with E-state index in [1.165, 1.54) is 50.5 Å². The molecule has 4 aliphatic carbocycles. The fourth-order valence-corrected chi connectivity index (χ4v) is 10.3. The lowest BCUT2D eigenvalue weighted by atomic mass is 9.47. The van der Waals surface area contributed by atoms with Crippen molar-refractivity contribution in [3.8, 4) is 17.2 Å². The van der Waals surface area contributed by atoms with Gasteiger partial charge in [-0.2, -0.15) is 0 Å². The molecule has 9 atom stereocenters. The second kappa shape index (κ2) is 11.5. The molecule has 0 bridgehead atoms. The summed E-state index contributed by atoms with van der Waals surface area (Å²) in [6, 6.07) is 2.30. The summed E-state index contributed by atoms with van der Waals surface area (Å²) in [7, 11) is 0. The minimum absolute atomic E-state index is 0.0508. The third-order valence-electron chi connectivity index (χ3n) is 12.9. The SMILES string of the molecule is CC[C@H](CC[C@@H](C)[C@H]1CC[C@H]2[C@@H]3CC=C4C[C@@H](OC(=O)c5cc(O)c(O)c(O)c5)CC[C@]4(C)[C@H]3CC[C@]12C)C(C)C. The zero-order valence-corrected chi connectivity index (χ0v) is 26.3. The van der Waals surface area contributed by atoms with E-state index in [2.05, 4.69) is 47.6 Å². The quantitative estimate of drug-likeness (QED) is 0.166. The van der Waals surface area contributed by atoms with Gasteiger partial charge in [0.05, 0.1) is 5.56 Å². The summed E-state index contributed by atoms with van der Waals surface area (Å²) in [5, 5.41) is 29.2. The van der Waals surface area contributed by atoms with Gasteiger partial charge in [-0.3, -0.25) is 0 Å². The first-order valence-electron chi connectivity index (χ1n) is 16.5. The van der Waals surface area contributed by atoms with Crippen LogP contribution in [0.4, 0.5) is 0 Å². The smallest absolute Gasteiger partial charge is 0.338 e. The molecular weight excluding hydrogens is 512 g/mol. The molecule has 228 valence electrons. The minimum Gasteiger partial charge on any atom is -0.504 e. The van der Waals surface area contributed by atoms with Gasteiger partial charge in [-0.1, -0.05) is 66.0 Å². The van der Waals surface area contributed by atoms with E-state index < -0.39 is 23.2 Å². The van der Waals surface area contributed by atoms with Crippen LogP contribution in [0.2, 0.25) is 0 Å². The third kappa shape index (κ3) is 5.40. The Kier molecular flexibility index (Phi) is 8.49. The molecule has 0 unspecified atom stereocenters. The highest BCUT2D eigenvalue weighted by Crippen LogP contribution is 2.67. The van der Waals surface area contributed by atoms with Crippen molar-refractivity contribution in [1.82, 2.24) is 0 Å². The molecule has 0 aliphatic heterocycles. The number of allylic oxidation sites excluding steroid dienone is 1. The lowest BCUT2D eigenvalue weighted by molar-refractivity contribution is -0.0596. The molecule has 0 heterocycles. The van der Waals surface area contributed by atoms with Gasteiger partial charge in [-0.15, -0.1) is 0 Å². The van der Waals surface area contributed by atoms with Crippen molar-refractivity contribution in [2.45, 2.75) is 118 Å². The standard InChI is InChI=1S/C36H54O5/c1-7-23(21(2)3)9-8-22(4)28-12-13-29-27-11-10-25-20-26(14-16-35(25,5)30(27)15-17-36(28,29)6)41-34(40)24-18-31(37)33(39)32(38)19-24/h10,18-19,21-23,26-30,37-39H,7-9,11-17,20H2,1-6H3/t22-,23-,26+,27+,28-,29+,30+,35+,36-/m1/s1. The third-order valence-corrected chi connectivity index (χ3v) is 12.9. The number of hydrogen-bond acceptors (Lipinski definition) is 5. The van der Waals surface area contributed by atoms with Crippen LogP contribution in [0.1, 0.15) is 123 Å². The summed E-state index contributed by atoms with van der Waals surface area (Å²) >= 11 is 0. The second-order valence-corrected chi connectivity index (χ2v) is 15.1. The highest BCUT2D eigenvalue weighted by molar-refractivity contribution is 5.91. The van der Waals surface area contributed by atoms with Crippen LogP contribution in [0.25, 0.3) is 0 Å². The van der Waals surface area contributed by atoms with Crippen LogP contribution in [0, 0.1) is 52.3 Å². The predicted octanol–water partition coefficient (Wildman–Crippen LogP) is 9.01. The highest BCUT2D eigenvalue weighted by atomic mass is 16.5. The van der Waals surface area contributed by atoms with Crippen molar-refractivity contribution in [1.29, 1.82) is 0 Å². The van der Waals surface area contributed by atoms with Gasteiger partial charge in [0, 0.05) is 6.42 Å². The van der Waals surface area contributed by atoms with Gasteiger partial charge >= 0.3 is 5.97 Å². The topological polar surface area (TPSA) is 87.0 Å². The lowest BCUT2D eigenvalue weighted by Crippen LogP contribution is -2.51. The zero-order valence-electron chi connectivity index (χ0n) is 26.3. The van der Waals surface area contributed by atoms with Crippen LogP contribution >= 0.6 is 0 Å². The number of aromatic hydroxyl groups is 3. The maximum Gasteiger partial charge on any atom is 0.338 e. The van der Waals surface area contributed by atoms with Crippen molar-refractivity contribution in [2.24, 2.45) is 52.3 Å². The Bertz CT molecular complexity index is 1130. The number of carbonyl (C=O) groups is 1. The molecule has 5 nitrogen and oxygen atoms in total. The fraction of sp³-hybridized carbons (Fsp3) is 0.750. The predicted molar refractivity (Wildman–Crippen MR) is 163 cm³/mol. The Morgan fingerprint density at radius 1 is 0.976 bits per heavy atom. The number of ether oxygens (including phenoxy) is 1. The molecule has 1 aromatic carbocycles. The van der Waals surface area contributed by atoms with E-state index >= 15 is 0 Å². The van der Waals surface area contributed by atoms with Crippen molar-refractivity contribution in [3.63, 3.8) is 0 Å². The zero-order chi connectivity index (χ0) is 29.7. The Balaban J connectivity index is 1.25. The number of rotatable bonds is 8. The fourth-order valence-electron chi connectivity index (χ4n) is 10.3. The van der Waals surface area contributed by atoms with E-state index in [-0.39, 0.29) is 17.1 Å². The number of benzene rings is 1. The van der Waals surface area contributed by atoms with E-state index in [0.717, 1.165) is 73.3 Å². The Morgan fingerprint density at radius 2 is 1.68 bits per heavy atom. The van der Waals surface area contributed by atoms with Gasteiger partial charge in [-0.05, 0) is 116 Å². The maximum atomic E-state index is 12.8. The number of hydrogen-bond donors (Lipinski definition) is 3. The van der Waals surface area contributed by atoms with Gasteiger partial charge in [0.25, 0.3) is 0 Å². The summed E-state index contributed by atoms with van der Waals surface area (Å²) in [5.74, 6) is 3.35. The van der Waals surface area contributed by atoms with E-state index in [9.17, 15) is 20.1 Å². The summed E-state index contributed by atoms with van der Waals surface area (Å²) in [4.78, 5) is 12.8. The Morgan fingerprint density at radius 3 is 2.34 bits per heavy atom. The van der Waals surface area contributed by atoms with Gasteiger partial charge in [0.15, 0.2) is 17.2 Å². The molecule has 5 rings (SSSR count). The minimum atomic E-state index is -0.625. The maximum absolute atomic E-state index is 12.8. The number of carbonyl (C=O) groups excluding carboxylic acids is 1. The molecule has 3 saturated carbocycles. The average Bonchev–Trinajstić information content (AvgIpc) is 3.29. The molecule has 0 amide bonds. The first kappa shape index (κ1) is 30.3. The molecule has 41 heavy (non-hydrogen) atoms. The lowest BCUT2D eigenvalue weighted by Gasteiger charge is -2.58. The molecule has 3 N–H and O–H groups in total. The molecule has 0 spiro atoms. The molecule has 0 radical (unpaired) electrons. The van der Waals surface area contributed by atoms with Crippen molar-refractivity contribution in [2.75, 3.05) is 0 Å². The largest absolute Gasteiger partial charge is 0.504 e. The van der Waals surface area contributed by atoms with E-state index in [0.29, 0.717) is 11.3 Å². The monoisotopic (exact) mass is 566 g/mol. The van der Waals surface area contributed by atoms with E-state index in [1.54, 1.807) is 0 Å². The van der Waals surface area contributed by atoms with Crippen molar-refractivity contribution < 1.29 is 24.9 Å². The van der Waals surface area contributed by atoms with Crippen LogP contribution in [0.3, 0.4) is 0 Å². The van der Waals surface area contributed by atoms with Crippen LogP contribution in [-0.4, -0.2) is 27.4 Å². The highest BCUT2D eigenvalue weighted by Gasteiger charge is 2.59. The molecule has 3 fully saturated rings. The van der Waals surface area contributed by atoms with E-state index in [4.69, 9.17) is 4.74 Å². The molecule has 0 aromatic heterocycles. The molecule has 4 aliphatic rings. The normalized spacial score (nSPS) is 36.1. The van der Waals surface area contributed by atoms with Gasteiger partial charge in [0.1, 0.15) is 6.10 Å². The van der Waals surface area contributed by atoms with Gasteiger partial charge < -0.3 is 20.1 Å². The van der Waals surface area contributed by atoms with Crippen LogP contribution in [-0.2, 0) is 4.74 Å². The van der Waals surface area contributed by atoms with Gasteiger partial charge in [-0.25, -0.2) is 4.79 Å². The summed E-state index contributed by atoms with van der Waals surface area (Å²) in [6.45, 7) is 14.8.